The number of anilines is 1. The van der Waals surface area contributed by atoms with Crippen LogP contribution in [0.2, 0.25) is 0 Å². The van der Waals surface area contributed by atoms with E-state index in [-0.39, 0.29) is 48.0 Å². The van der Waals surface area contributed by atoms with Crippen LogP contribution in [0.1, 0.15) is 13.8 Å². The van der Waals surface area contributed by atoms with Crippen molar-refractivity contribution in [1.82, 2.24) is 24.7 Å². The minimum Gasteiger partial charge on any atom is -0.354 e. The van der Waals surface area contributed by atoms with Crippen LogP contribution in [-0.2, 0) is 11.8 Å². The lowest BCUT2D eigenvalue weighted by molar-refractivity contribution is -0.127. The van der Waals surface area contributed by atoms with E-state index in [0.717, 1.165) is 5.96 Å². The Morgan fingerprint density at radius 3 is 2.48 bits per heavy atom. The van der Waals surface area contributed by atoms with Crippen molar-refractivity contribution in [2.24, 2.45) is 12.0 Å². The van der Waals surface area contributed by atoms with E-state index in [1.165, 1.54) is 9.47 Å². The smallest absolute Gasteiger partial charge is 0.293 e. The molecule has 27 heavy (non-hydrogen) atoms. The minimum atomic E-state index is -0.0910. The predicted octanol–water partition coefficient (Wildman–Crippen LogP) is -0.0375. The Labute approximate surface area is 177 Å². The lowest BCUT2D eigenvalue weighted by atomic mass is 10.3. The normalized spacial score (nSPS) is 14.8. The van der Waals surface area contributed by atoms with Crippen molar-refractivity contribution in [3.63, 3.8) is 0 Å². The van der Waals surface area contributed by atoms with Crippen molar-refractivity contribution in [3.05, 3.63) is 22.7 Å². The molecule has 1 saturated heterocycles. The maximum atomic E-state index is 12.2. The molecule has 0 aromatic carbocycles. The largest absolute Gasteiger partial charge is 0.354 e. The van der Waals surface area contributed by atoms with Gasteiger partial charge in [0.15, 0.2) is 11.8 Å². The van der Waals surface area contributed by atoms with E-state index in [0.29, 0.717) is 32.0 Å². The molecule has 0 aliphatic carbocycles. The third kappa shape index (κ3) is 6.36. The van der Waals surface area contributed by atoms with E-state index in [4.69, 9.17) is 0 Å². The molecular weight excluding hydrogens is 461 g/mol. The predicted molar refractivity (Wildman–Crippen MR) is 118 cm³/mol. The van der Waals surface area contributed by atoms with Crippen LogP contribution in [0, 0.1) is 0 Å². The molecular formula is C17H30IN7O2. The van der Waals surface area contributed by atoms with Crippen LogP contribution < -0.4 is 15.8 Å². The third-order valence-electron chi connectivity index (χ3n) is 4.16. The molecule has 2 heterocycles. The highest BCUT2D eigenvalue weighted by molar-refractivity contribution is 14.0. The molecule has 152 valence electrons. The van der Waals surface area contributed by atoms with Gasteiger partial charge in [-0.2, -0.15) is 0 Å². The van der Waals surface area contributed by atoms with Crippen molar-refractivity contribution >= 4 is 41.7 Å². The van der Waals surface area contributed by atoms with Crippen LogP contribution in [0.3, 0.4) is 0 Å². The molecule has 0 spiro atoms. The SMILES string of the molecule is CC(C)NC(=NCC(=O)N(C)C)N1CCN(c2nccn(C)c2=O)CC1.I. The number of carbonyl (C=O) groups excluding carboxylic acids is 1. The van der Waals surface area contributed by atoms with Gasteiger partial charge in [0.05, 0.1) is 0 Å². The third-order valence-corrected chi connectivity index (χ3v) is 4.16. The van der Waals surface area contributed by atoms with E-state index >= 15 is 0 Å². The van der Waals surface area contributed by atoms with E-state index in [9.17, 15) is 9.59 Å². The molecule has 0 atom stereocenters. The number of piperazine rings is 1. The van der Waals surface area contributed by atoms with Crippen molar-refractivity contribution in [2.45, 2.75) is 19.9 Å². The summed E-state index contributed by atoms with van der Waals surface area (Å²) in [6.45, 7) is 6.94. The number of amides is 1. The number of nitrogens with one attached hydrogen (secondary N) is 1. The zero-order valence-electron chi connectivity index (χ0n) is 16.7. The first-order chi connectivity index (χ1) is 12.3. The van der Waals surface area contributed by atoms with Crippen molar-refractivity contribution < 1.29 is 4.79 Å². The fourth-order valence-corrected chi connectivity index (χ4v) is 2.61. The summed E-state index contributed by atoms with van der Waals surface area (Å²) >= 11 is 0. The summed E-state index contributed by atoms with van der Waals surface area (Å²) < 4.78 is 1.54. The van der Waals surface area contributed by atoms with E-state index in [2.05, 4.69) is 20.2 Å². The molecule has 0 radical (unpaired) electrons. The van der Waals surface area contributed by atoms with E-state index in [1.807, 2.05) is 18.7 Å². The van der Waals surface area contributed by atoms with Gasteiger partial charge in [-0.3, -0.25) is 9.59 Å². The van der Waals surface area contributed by atoms with E-state index in [1.54, 1.807) is 33.5 Å². The molecule has 2 rings (SSSR count). The number of hydrogen-bond acceptors (Lipinski definition) is 5. The molecule has 9 nitrogen and oxygen atoms in total. The fraction of sp³-hybridized carbons (Fsp3) is 0.647. The van der Waals surface area contributed by atoms with Gasteiger partial charge in [-0.15, -0.1) is 24.0 Å². The number of guanidine groups is 1. The molecule has 1 aliphatic heterocycles. The minimum absolute atomic E-state index is 0. The summed E-state index contributed by atoms with van der Waals surface area (Å²) in [4.78, 5) is 38.4. The Morgan fingerprint density at radius 2 is 1.93 bits per heavy atom. The molecule has 0 unspecified atom stereocenters. The number of rotatable bonds is 4. The highest BCUT2D eigenvalue weighted by Gasteiger charge is 2.23. The monoisotopic (exact) mass is 491 g/mol. The number of aliphatic imine (C=N–C) groups is 1. The molecule has 1 aromatic rings. The zero-order chi connectivity index (χ0) is 19.3. The standard InChI is InChI=1S/C17H29N7O2.HI/c1-13(2)20-17(19-12-14(25)21(3)4)24-10-8-23(9-11-24)15-16(26)22(5)7-6-18-15;/h6-7,13H,8-12H2,1-5H3,(H,19,20);1H. The van der Waals surface area contributed by atoms with Gasteiger partial charge in [-0.25, -0.2) is 9.98 Å². The summed E-state index contributed by atoms with van der Waals surface area (Å²) in [5.41, 5.74) is -0.0910. The van der Waals surface area contributed by atoms with Crippen LogP contribution in [0.5, 0.6) is 0 Å². The maximum absolute atomic E-state index is 12.2. The number of hydrogen-bond donors (Lipinski definition) is 1. The Bertz CT molecular complexity index is 709. The Kier molecular flexibility index (Phi) is 9.00. The van der Waals surface area contributed by atoms with Gasteiger partial charge in [-0.1, -0.05) is 0 Å². The zero-order valence-corrected chi connectivity index (χ0v) is 19.0. The van der Waals surface area contributed by atoms with Crippen molar-refractivity contribution in [2.75, 3.05) is 51.7 Å². The number of nitrogens with zero attached hydrogens (tertiary/aromatic N) is 6. The molecule has 1 amide bonds. The van der Waals surface area contributed by atoms with Crippen molar-refractivity contribution in [1.29, 1.82) is 0 Å². The highest BCUT2D eigenvalue weighted by Crippen LogP contribution is 2.09. The second-order valence-electron chi connectivity index (χ2n) is 6.87. The highest BCUT2D eigenvalue weighted by atomic mass is 127. The van der Waals surface area contributed by atoms with Gasteiger partial charge in [0.1, 0.15) is 6.54 Å². The summed E-state index contributed by atoms with van der Waals surface area (Å²) in [6.07, 6.45) is 3.30. The average molecular weight is 491 g/mol. The Hall–Kier alpha value is -1.85. The first-order valence-electron chi connectivity index (χ1n) is 8.82. The van der Waals surface area contributed by atoms with Gasteiger partial charge < -0.3 is 24.6 Å². The van der Waals surface area contributed by atoms with Crippen LogP contribution >= 0.6 is 24.0 Å². The number of aryl methyl sites for hydroxylation is 1. The number of likely N-dealkylation sites (N-methyl/N-ethyl adjacent to an activating group) is 1. The molecule has 1 aromatic heterocycles. The quantitative estimate of drug-likeness (QED) is 0.362. The summed E-state index contributed by atoms with van der Waals surface area (Å²) in [7, 11) is 5.17. The Balaban J connectivity index is 0.00000364. The first kappa shape index (κ1) is 23.2. The van der Waals surface area contributed by atoms with Crippen LogP contribution in [0.25, 0.3) is 0 Å². The number of aromatic nitrogens is 2. The summed E-state index contributed by atoms with van der Waals surface area (Å²) in [5.74, 6) is 1.17. The van der Waals surface area contributed by atoms with E-state index < -0.39 is 0 Å². The topological polar surface area (TPSA) is 86.1 Å². The lowest BCUT2D eigenvalue weighted by Crippen LogP contribution is -2.54. The number of halogens is 1. The second kappa shape index (κ2) is 10.5. The van der Waals surface area contributed by atoms with Gasteiger partial charge in [-0.05, 0) is 13.8 Å². The molecule has 1 fully saturated rings. The van der Waals surface area contributed by atoms with Gasteiger partial charge in [0.25, 0.3) is 5.56 Å². The van der Waals surface area contributed by atoms with Crippen LogP contribution in [0.4, 0.5) is 5.82 Å². The van der Waals surface area contributed by atoms with Crippen molar-refractivity contribution in [3.8, 4) is 0 Å². The van der Waals surface area contributed by atoms with Gasteiger partial charge >= 0.3 is 0 Å². The Morgan fingerprint density at radius 1 is 1.30 bits per heavy atom. The molecule has 10 heteroatoms. The molecule has 1 aliphatic rings. The summed E-state index contributed by atoms with van der Waals surface area (Å²) in [6, 6.07) is 0.212. The van der Waals surface area contributed by atoms with Crippen LogP contribution in [0.15, 0.2) is 22.2 Å². The molecule has 0 bridgehead atoms. The molecule has 1 N–H and O–H groups in total. The fourth-order valence-electron chi connectivity index (χ4n) is 2.61. The molecule has 0 saturated carbocycles. The van der Waals surface area contributed by atoms with Crippen LogP contribution in [-0.4, -0.2) is 84.1 Å². The van der Waals surface area contributed by atoms with Gasteiger partial charge in [0, 0.05) is 65.8 Å². The van der Waals surface area contributed by atoms with Gasteiger partial charge in [0.2, 0.25) is 5.91 Å². The number of carbonyl (C=O) groups is 1. The maximum Gasteiger partial charge on any atom is 0.293 e. The lowest BCUT2D eigenvalue weighted by Gasteiger charge is -2.37. The first-order valence-corrected chi connectivity index (χ1v) is 8.82. The summed E-state index contributed by atoms with van der Waals surface area (Å²) in [5, 5.41) is 3.32. The second-order valence-corrected chi connectivity index (χ2v) is 6.87. The average Bonchev–Trinajstić information content (AvgIpc) is 2.60.